The molecule has 0 amide bonds. The van der Waals surface area contributed by atoms with Crippen molar-refractivity contribution in [3.63, 3.8) is 0 Å². The van der Waals surface area contributed by atoms with Gasteiger partial charge < -0.3 is 35.0 Å². The van der Waals surface area contributed by atoms with E-state index in [0.717, 1.165) is 37.2 Å². The third-order valence-electron chi connectivity index (χ3n) is 6.64. The topological polar surface area (TPSA) is 108 Å². The summed E-state index contributed by atoms with van der Waals surface area (Å²) in [5.74, 6) is 1.65. The van der Waals surface area contributed by atoms with Crippen LogP contribution in [0.2, 0.25) is 0 Å². The zero-order chi connectivity index (χ0) is 24.4. The monoisotopic (exact) mass is 487 g/mol. The lowest BCUT2D eigenvalue weighted by Crippen LogP contribution is -2.45. The van der Waals surface area contributed by atoms with E-state index in [1.54, 1.807) is 17.2 Å². The molecule has 3 aliphatic rings. The number of aliphatic hydroxyl groups excluding tert-OH is 1. The highest BCUT2D eigenvalue weighted by atomic mass is 19.1. The Morgan fingerprint density at radius 2 is 2.17 bits per heavy atom. The Balaban J connectivity index is 1.27. The van der Waals surface area contributed by atoms with Crippen LogP contribution in [0, 0.1) is 0 Å². The number of anilines is 5. The van der Waals surface area contributed by atoms with Gasteiger partial charge in [0.05, 0.1) is 36.8 Å². The first-order valence-electron chi connectivity index (χ1n) is 12.4. The van der Waals surface area contributed by atoms with Crippen molar-refractivity contribution in [1.82, 2.24) is 15.0 Å². The molecule has 2 aromatic heterocycles. The molecule has 3 aliphatic heterocycles. The van der Waals surface area contributed by atoms with Gasteiger partial charge in [0.2, 0.25) is 5.95 Å². The van der Waals surface area contributed by atoms with E-state index in [1.807, 2.05) is 12.3 Å². The number of hydrogen-bond acceptors (Lipinski definition) is 10. The van der Waals surface area contributed by atoms with Crippen LogP contribution in [0.25, 0.3) is 0 Å². The quantitative estimate of drug-likeness (QED) is 0.539. The minimum Gasteiger partial charge on any atom is -0.390 e. The molecular weight excluding hydrogens is 453 g/mol. The number of hydrogen-bond donors (Lipinski definition) is 3. The molecular formula is C24H34FN7O3. The third kappa shape index (κ3) is 5.41. The smallest absolute Gasteiger partial charge is 0.227 e. The minimum atomic E-state index is -1.31. The zero-order valence-corrected chi connectivity index (χ0v) is 20.2. The zero-order valence-electron chi connectivity index (χ0n) is 20.2. The number of nitrogens with one attached hydrogen (secondary N) is 2. The number of fused-ring (bicyclic) bond motifs is 1. The Hall–Kier alpha value is -2.76. The van der Waals surface area contributed by atoms with E-state index in [1.165, 1.54) is 0 Å². The molecule has 0 aromatic carbocycles. The Bertz CT molecular complexity index is 1010. The summed E-state index contributed by atoms with van der Waals surface area (Å²) in [6, 6.07) is 3.99. The average Bonchev–Trinajstić information content (AvgIpc) is 3.23. The summed E-state index contributed by atoms with van der Waals surface area (Å²) >= 11 is 0. The van der Waals surface area contributed by atoms with E-state index >= 15 is 0 Å². The van der Waals surface area contributed by atoms with Gasteiger partial charge in [0.1, 0.15) is 24.0 Å². The van der Waals surface area contributed by atoms with E-state index in [0.29, 0.717) is 37.2 Å². The normalized spacial score (nSPS) is 26.5. The van der Waals surface area contributed by atoms with Crippen molar-refractivity contribution in [3.8, 4) is 0 Å². The van der Waals surface area contributed by atoms with Gasteiger partial charge in [-0.05, 0) is 45.6 Å². The van der Waals surface area contributed by atoms with Gasteiger partial charge in [-0.15, -0.1) is 0 Å². The molecule has 2 saturated heterocycles. The second-order valence-corrected chi connectivity index (χ2v) is 9.56. The maximum atomic E-state index is 14.0. The summed E-state index contributed by atoms with van der Waals surface area (Å²) in [4.78, 5) is 17.4. The number of alkyl halides is 1. The summed E-state index contributed by atoms with van der Waals surface area (Å²) in [5.41, 5.74) is 1.99. The summed E-state index contributed by atoms with van der Waals surface area (Å²) in [6.45, 7) is 6.15. The van der Waals surface area contributed by atoms with Gasteiger partial charge in [-0.1, -0.05) is 0 Å². The molecule has 0 spiro atoms. The molecule has 0 aliphatic carbocycles. The van der Waals surface area contributed by atoms with E-state index in [9.17, 15) is 9.50 Å². The van der Waals surface area contributed by atoms with Crippen molar-refractivity contribution < 1.29 is 19.0 Å². The van der Waals surface area contributed by atoms with Crippen molar-refractivity contribution >= 4 is 29.0 Å². The fraction of sp³-hybridized carbons (Fsp3) is 0.625. The molecule has 2 aromatic rings. The Morgan fingerprint density at radius 3 is 2.94 bits per heavy atom. The second kappa shape index (κ2) is 10.5. The summed E-state index contributed by atoms with van der Waals surface area (Å²) < 4.78 is 25.8. The SMILES string of the molecule is CC(C)N1c2cc(Nc3ccnc(N4CCC(O)C(F)C4)n3)ncc2NC1COC1CCCCO1. The molecule has 4 atom stereocenters. The standard InChI is InChI=1S/C24H34FN7O3/c1-15(2)32-18-11-21(27-12-17(18)28-22(32)14-35-23-5-3-4-10-34-23)29-20-6-8-26-24(30-20)31-9-7-19(33)16(25)13-31/h6,8,11-12,15-16,19,22-23,28,33H,3-5,7,9-10,13-14H2,1-2H3,(H,26,27,29,30). The van der Waals surface area contributed by atoms with Crippen molar-refractivity contribution in [2.24, 2.45) is 0 Å². The molecule has 2 fully saturated rings. The Kier molecular flexibility index (Phi) is 7.17. The first kappa shape index (κ1) is 24.0. The summed E-state index contributed by atoms with van der Waals surface area (Å²) in [7, 11) is 0. The van der Waals surface area contributed by atoms with Crippen LogP contribution in [0.15, 0.2) is 24.5 Å². The van der Waals surface area contributed by atoms with Crippen LogP contribution < -0.4 is 20.4 Å². The van der Waals surface area contributed by atoms with Gasteiger partial charge in [-0.3, -0.25) is 0 Å². The van der Waals surface area contributed by atoms with Crippen molar-refractivity contribution in [2.75, 3.05) is 46.7 Å². The molecule has 0 bridgehead atoms. The van der Waals surface area contributed by atoms with Crippen LogP contribution >= 0.6 is 0 Å². The van der Waals surface area contributed by atoms with Crippen molar-refractivity contribution in [3.05, 3.63) is 24.5 Å². The molecule has 35 heavy (non-hydrogen) atoms. The van der Waals surface area contributed by atoms with Crippen LogP contribution in [0.1, 0.15) is 39.5 Å². The predicted molar refractivity (Wildman–Crippen MR) is 132 cm³/mol. The fourth-order valence-corrected chi connectivity index (χ4v) is 4.83. The number of aromatic nitrogens is 3. The van der Waals surface area contributed by atoms with Crippen molar-refractivity contribution in [2.45, 2.75) is 70.3 Å². The highest BCUT2D eigenvalue weighted by Crippen LogP contribution is 2.38. The highest BCUT2D eigenvalue weighted by Gasteiger charge is 2.33. The predicted octanol–water partition coefficient (Wildman–Crippen LogP) is 3.03. The molecule has 3 N–H and O–H groups in total. The number of halogens is 1. The lowest BCUT2D eigenvalue weighted by molar-refractivity contribution is -0.163. The largest absolute Gasteiger partial charge is 0.390 e. The summed E-state index contributed by atoms with van der Waals surface area (Å²) in [5, 5.41) is 16.4. The van der Waals surface area contributed by atoms with Gasteiger partial charge >= 0.3 is 0 Å². The van der Waals surface area contributed by atoms with E-state index in [2.05, 4.69) is 44.3 Å². The first-order valence-corrected chi connectivity index (χ1v) is 12.4. The number of aliphatic hydroxyl groups is 1. The van der Waals surface area contributed by atoms with Crippen LogP contribution in [-0.4, -0.2) is 77.1 Å². The number of nitrogens with zero attached hydrogens (tertiary/aromatic N) is 5. The molecule has 0 saturated carbocycles. The van der Waals surface area contributed by atoms with E-state index in [4.69, 9.17) is 9.47 Å². The van der Waals surface area contributed by atoms with Crippen LogP contribution in [0.3, 0.4) is 0 Å². The molecule has 190 valence electrons. The highest BCUT2D eigenvalue weighted by molar-refractivity contribution is 5.79. The fourth-order valence-electron chi connectivity index (χ4n) is 4.83. The van der Waals surface area contributed by atoms with E-state index < -0.39 is 12.3 Å². The molecule has 11 heteroatoms. The number of ether oxygens (including phenoxy) is 2. The first-order chi connectivity index (χ1) is 17.0. The lowest BCUT2D eigenvalue weighted by atomic mass is 10.1. The molecule has 5 heterocycles. The maximum absolute atomic E-state index is 14.0. The average molecular weight is 488 g/mol. The number of rotatable bonds is 7. The van der Waals surface area contributed by atoms with Crippen LogP contribution in [0.4, 0.5) is 33.3 Å². The Labute approximate surface area is 204 Å². The van der Waals surface area contributed by atoms with Gasteiger partial charge in [0.15, 0.2) is 6.29 Å². The minimum absolute atomic E-state index is 0.0127. The molecule has 5 rings (SSSR count). The lowest BCUT2D eigenvalue weighted by Gasteiger charge is -2.32. The van der Waals surface area contributed by atoms with Crippen LogP contribution in [0.5, 0.6) is 0 Å². The molecule has 10 nitrogen and oxygen atoms in total. The Morgan fingerprint density at radius 1 is 1.29 bits per heavy atom. The van der Waals surface area contributed by atoms with Gasteiger partial charge in [-0.25, -0.2) is 14.4 Å². The van der Waals surface area contributed by atoms with Gasteiger partial charge in [-0.2, -0.15) is 4.98 Å². The second-order valence-electron chi connectivity index (χ2n) is 9.56. The maximum Gasteiger partial charge on any atom is 0.227 e. The number of pyridine rings is 1. The summed E-state index contributed by atoms with van der Waals surface area (Å²) in [6.07, 6.45) is 4.58. The third-order valence-corrected chi connectivity index (χ3v) is 6.64. The number of piperidine rings is 1. The van der Waals surface area contributed by atoms with Crippen LogP contribution in [-0.2, 0) is 9.47 Å². The van der Waals surface area contributed by atoms with Gasteiger partial charge in [0, 0.05) is 31.5 Å². The molecule has 4 unspecified atom stereocenters. The van der Waals surface area contributed by atoms with E-state index in [-0.39, 0.29) is 25.0 Å². The molecule has 0 radical (unpaired) electrons. The van der Waals surface area contributed by atoms with Gasteiger partial charge in [0.25, 0.3) is 0 Å². The van der Waals surface area contributed by atoms with Crippen molar-refractivity contribution in [1.29, 1.82) is 0 Å².